The maximum Gasteiger partial charge on any atom is 0.251 e. The van der Waals surface area contributed by atoms with Crippen LogP contribution in [-0.2, 0) is 4.79 Å². The Morgan fingerprint density at radius 2 is 1.84 bits per heavy atom. The van der Waals surface area contributed by atoms with Crippen molar-refractivity contribution in [2.24, 2.45) is 0 Å². The summed E-state index contributed by atoms with van der Waals surface area (Å²) in [6.07, 6.45) is 0.856. The van der Waals surface area contributed by atoms with Crippen LogP contribution in [0.5, 0.6) is 11.5 Å². The number of carbonyl (C=O) groups is 2. The van der Waals surface area contributed by atoms with Crippen LogP contribution in [0.15, 0.2) is 48.5 Å². The largest absolute Gasteiger partial charge is 0.454 e. The molecule has 1 atom stereocenters. The SMILES string of the molecule is CN1CCN(CCCNC(=O)CNC(=O)c2ccc3c(c2)OCO3)C(c2ccccc2)C1. The zero-order chi connectivity index (χ0) is 22.3. The Labute approximate surface area is 188 Å². The molecule has 1 saturated heterocycles. The van der Waals surface area contributed by atoms with Crippen molar-refractivity contribution in [2.45, 2.75) is 12.5 Å². The molecule has 170 valence electrons. The Morgan fingerprint density at radius 3 is 2.69 bits per heavy atom. The fraction of sp³-hybridized carbons (Fsp3) is 0.417. The molecule has 0 radical (unpaired) electrons. The molecule has 4 rings (SSSR count). The summed E-state index contributed by atoms with van der Waals surface area (Å²) < 4.78 is 10.5. The number of nitrogens with one attached hydrogen (secondary N) is 2. The monoisotopic (exact) mass is 438 g/mol. The average molecular weight is 439 g/mol. The van der Waals surface area contributed by atoms with Crippen LogP contribution < -0.4 is 20.1 Å². The lowest BCUT2D eigenvalue weighted by molar-refractivity contribution is -0.120. The highest BCUT2D eigenvalue weighted by Gasteiger charge is 2.26. The molecule has 8 heteroatoms. The summed E-state index contributed by atoms with van der Waals surface area (Å²) in [5.74, 6) is 0.646. The van der Waals surface area contributed by atoms with Crippen LogP contribution in [-0.4, -0.2) is 74.7 Å². The van der Waals surface area contributed by atoms with Gasteiger partial charge in [-0.05, 0) is 37.2 Å². The molecule has 0 aliphatic carbocycles. The second kappa shape index (κ2) is 10.5. The van der Waals surface area contributed by atoms with E-state index in [1.165, 1.54) is 5.56 Å². The molecule has 2 aromatic carbocycles. The lowest BCUT2D eigenvalue weighted by Gasteiger charge is -2.40. The van der Waals surface area contributed by atoms with Crippen molar-refractivity contribution in [3.63, 3.8) is 0 Å². The number of piperazine rings is 1. The van der Waals surface area contributed by atoms with E-state index in [2.05, 4.69) is 51.7 Å². The van der Waals surface area contributed by atoms with Gasteiger partial charge < -0.3 is 25.0 Å². The molecule has 0 spiro atoms. The minimum absolute atomic E-state index is 0.0611. The molecule has 0 saturated carbocycles. The van der Waals surface area contributed by atoms with Gasteiger partial charge >= 0.3 is 0 Å². The van der Waals surface area contributed by atoms with E-state index in [1.807, 2.05) is 6.07 Å². The van der Waals surface area contributed by atoms with Crippen LogP contribution >= 0.6 is 0 Å². The first-order valence-electron chi connectivity index (χ1n) is 11.0. The standard InChI is InChI=1S/C24H30N4O4/c1-27-12-13-28(20(16-27)18-6-3-2-4-7-18)11-5-10-25-23(29)15-26-24(30)19-8-9-21-22(14-19)32-17-31-21/h2-4,6-9,14,20H,5,10-13,15-17H2,1H3,(H,25,29)(H,26,30). The summed E-state index contributed by atoms with van der Waals surface area (Å²) in [4.78, 5) is 29.3. The van der Waals surface area contributed by atoms with Gasteiger partial charge in [-0.2, -0.15) is 0 Å². The number of rotatable bonds is 8. The predicted molar refractivity (Wildman–Crippen MR) is 121 cm³/mol. The Morgan fingerprint density at radius 1 is 1.03 bits per heavy atom. The maximum absolute atomic E-state index is 12.3. The van der Waals surface area contributed by atoms with Crippen molar-refractivity contribution in [1.29, 1.82) is 0 Å². The highest BCUT2D eigenvalue weighted by atomic mass is 16.7. The first-order valence-corrected chi connectivity index (χ1v) is 11.0. The third-order valence-electron chi connectivity index (χ3n) is 5.87. The van der Waals surface area contributed by atoms with Gasteiger partial charge in [0.2, 0.25) is 12.7 Å². The van der Waals surface area contributed by atoms with Crippen LogP contribution in [0.1, 0.15) is 28.4 Å². The molecule has 0 aromatic heterocycles. The van der Waals surface area contributed by atoms with E-state index in [0.717, 1.165) is 32.6 Å². The van der Waals surface area contributed by atoms with Crippen LogP contribution in [0.4, 0.5) is 0 Å². The van der Waals surface area contributed by atoms with Crippen LogP contribution in [0, 0.1) is 0 Å². The smallest absolute Gasteiger partial charge is 0.251 e. The number of nitrogens with zero attached hydrogens (tertiary/aromatic N) is 2. The van der Waals surface area contributed by atoms with Crippen molar-refractivity contribution >= 4 is 11.8 Å². The number of carbonyl (C=O) groups excluding carboxylic acids is 2. The van der Waals surface area contributed by atoms with Gasteiger partial charge in [-0.15, -0.1) is 0 Å². The molecule has 2 heterocycles. The molecule has 1 unspecified atom stereocenters. The van der Waals surface area contributed by atoms with Crippen LogP contribution in [0.2, 0.25) is 0 Å². The fourth-order valence-corrected chi connectivity index (χ4v) is 4.09. The molecule has 2 aliphatic heterocycles. The number of likely N-dealkylation sites (N-methyl/N-ethyl adjacent to an activating group) is 1. The predicted octanol–water partition coefficient (Wildman–Crippen LogP) is 1.64. The summed E-state index contributed by atoms with van der Waals surface area (Å²) >= 11 is 0. The van der Waals surface area contributed by atoms with E-state index in [-0.39, 0.29) is 25.2 Å². The molecular formula is C24H30N4O4. The molecule has 2 aliphatic rings. The van der Waals surface area contributed by atoms with Crippen molar-refractivity contribution in [3.8, 4) is 11.5 Å². The highest BCUT2D eigenvalue weighted by Crippen LogP contribution is 2.32. The number of amides is 2. The van der Waals surface area contributed by atoms with Gasteiger partial charge in [0.05, 0.1) is 6.54 Å². The second-order valence-electron chi connectivity index (χ2n) is 8.18. The van der Waals surface area contributed by atoms with Crippen molar-refractivity contribution < 1.29 is 19.1 Å². The first-order chi connectivity index (χ1) is 15.6. The van der Waals surface area contributed by atoms with Gasteiger partial charge in [-0.3, -0.25) is 14.5 Å². The van der Waals surface area contributed by atoms with E-state index < -0.39 is 0 Å². The van der Waals surface area contributed by atoms with Gasteiger partial charge in [0, 0.05) is 44.3 Å². The van der Waals surface area contributed by atoms with Crippen molar-refractivity contribution in [1.82, 2.24) is 20.4 Å². The minimum Gasteiger partial charge on any atom is -0.454 e. The minimum atomic E-state index is -0.318. The topological polar surface area (TPSA) is 83.1 Å². The Hall–Kier alpha value is -3.10. The van der Waals surface area contributed by atoms with Gasteiger partial charge in [0.25, 0.3) is 5.91 Å². The summed E-state index contributed by atoms with van der Waals surface area (Å²) in [5.41, 5.74) is 1.76. The van der Waals surface area contributed by atoms with Crippen LogP contribution in [0.25, 0.3) is 0 Å². The summed E-state index contributed by atoms with van der Waals surface area (Å²) in [7, 11) is 2.16. The number of benzene rings is 2. The number of hydrogen-bond donors (Lipinski definition) is 2. The lowest BCUT2D eigenvalue weighted by Crippen LogP contribution is -2.47. The fourth-order valence-electron chi connectivity index (χ4n) is 4.09. The van der Waals surface area contributed by atoms with E-state index in [4.69, 9.17) is 9.47 Å². The molecule has 2 aromatic rings. The van der Waals surface area contributed by atoms with E-state index in [0.29, 0.717) is 29.6 Å². The first kappa shape index (κ1) is 22.1. The Kier molecular flexibility index (Phi) is 7.24. The number of ether oxygens (including phenoxy) is 2. The highest BCUT2D eigenvalue weighted by molar-refractivity contribution is 5.97. The van der Waals surface area contributed by atoms with Crippen LogP contribution in [0.3, 0.4) is 0 Å². The van der Waals surface area contributed by atoms with Gasteiger partial charge in [-0.25, -0.2) is 0 Å². The molecule has 0 bridgehead atoms. The maximum atomic E-state index is 12.3. The second-order valence-corrected chi connectivity index (χ2v) is 8.18. The zero-order valence-corrected chi connectivity index (χ0v) is 18.4. The van der Waals surface area contributed by atoms with Gasteiger partial charge in [0.1, 0.15) is 0 Å². The van der Waals surface area contributed by atoms with Gasteiger partial charge in [0.15, 0.2) is 11.5 Å². The third-order valence-corrected chi connectivity index (χ3v) is 5.87. The van der Waals surface area contributed by atoms with E-state index in [1.54, 1.807) is 18.2 Å². The normalized spacial score (nSPS) is 18.3. The van der Waals surface area contributed by atoms with Crippen molar-refractivity contribution in [2.75, 3.05) is 53.1 Å². The quantitative estimate of drug-likeness (QED) is 0.610. The summed E-state index contributed by atoms with van der Waals surface area (Å²) in [6.45, 7) is 4.64. The summed E-state index contributed by atoms with van der Waals surface area (Å²) in [5, 5.41) is 5.55. The van der Waals surface area contributed by atoms with E-state index in [9.17, 15) is 9.59 Å². The molecule has 8 nitrogen and oxygen atoms in total. The Balaban J connectivity index is 1.18. The zero-order valence-electron chi connectivity index (χ0n) is 18.4. The molecule has 32 heavy (non-hydrogen) atoms. The van der Waals surface area contributed by atoms with Crippen molar-refractivity contribution in [3.05, 3.63) is 59.7 Å². The Bertz CT molecular complexity index is 937. The summed E-state index contributed by atoms with van der Waals surface area (Å²) in [6, 6.07) is 15.9. The molecule has 2 amide bonds. The third kappa shape index (κ3) is 5.57. The average Bonchev–Trinajstić information content (AvgIpc) is 3.29. The number of fused-ring (bicyclic) bond motifs is 1. The van der Waals surface area contributed by atoms with E-state index >= 15 is 0 Å². The molecule has 2 N–H and O–H groups in total. The molecule has 1 fully saturated rings. The lowest BCUT2D eigenvalue weighted by atomic mass is 10.0. The number of hydrogen-bond acceptors (Lipinski definition) is 6. The van der Waals surface area contributed by atoms with Gasteiger partial charge in [-0.1, -0.05) is 30.3 Å². The molecular weight excluding hydrogens is 408 g/mol.